The van der Waals surface area contributed by atoms with Gasteiger partial charge in [0, 0.05) is 6.54 Å². The first-order valence-corrected chi connectivity index (χ1v) is 6.11. The quantitative estimate of drug-likeness (QED) is 0.826. The molecule has 0 atom stereocenters. The number of nitrogens with zero attached hydrogens (tertiary/aromatic N) is 4. The first kappa shape index (κ1) is 11.7. The predicted octanol–water partition coefficient (Wildman–Crippen LogP) is 0.948. The number of hydrogen-bond acceptors (Lipinski definition) is 4. The Morgan fingerprint density at radius 1 is 1.37 bits per heavy atom. The van der Waals surface area contributed by atoms with Gasteiger partial charge >= 0.3 is 0 Å². The molecule has 98 valence electrons. The summed E-state index contributed by atoms with van der Waals surface area (Å²) in [5.74, 6) is -0.0611. The Balaban J connectivity index is 1.81. The van der Waals surface area contributed by atoms with E-state index < -0.39 is 0 Å². The molecule has 0 radical (unpaired) electrons. The highest BCUT2D eigenvalue weighted by Crippen LogP contribution is 2.16. The topological polar surface area (TPSA) is 71.2 Å². The average molecular weight is 258 g/mol. The first-order valence-electron chi connectivity index (χ1n) is 6.11. The summed E-state index contributed by atoms with van der Waals surface area (Å²) in [4.78, 5) is 18.0. The molecule has 3 heterocycles. The maximum absolute atomic E-state index is 12.3. The highest BCUT2D eigenvalue weighted by Gasteiger charge is 2.23. The lowest BCUT2D eigenvalue weighted by molar-refractivity contribution is 0.0700. The Hall–Kier alpha value is -2.37. The number of fused-ring (bicyclic) bond motifs is 1. The lowest BCUT2D eigenvalue weighted by Gasteiger charge is -2.27. The highest BCUT2D eigenvalue weighted by atomic mass is 16.3. The first-order chi connectivity index (χ1) is 9.13. The summed E-state index contributed by atoms with van der Waals surface area (Å²) in [5, 5.41) is 13.5. The number of hydrogen-bond donors (Lipinski definition) is 1. The van der Waals surface area contributed by atoms with Gasteiger partial charge in [-0.25, -0.2) is 4.98 Å². The van der Waals surface area contributed by atoms with E-state index in [2.05, 4.69) is 10.1 Å². The van der Waals surface area contributed by atoms with E-state index in [4.69, 9.17) is 0 Å². The van der Waals surface area contributed by atoms with E-state index in [0.29, 0.717) is 25.3 Å². The second kappa shape index (κ2) is 4.38. The summed E-state index contributed by atoms with van der Waals surface area (Å²) in [6, 6.07) is 5.00. The Morgan fingerprint density at radius 3 is 2.95 bits per heavy atom. The van der Waals surface area contributed by atoms with E-state index >= 15 is 0 Å². The second-order valence-corrected chi connectivity index (χ2v) is 4.63. The average Bonchev–Trinajstić information content (AvgIpc) is 2.77. The van der Waals surface area contributed by atoms with Gasteiger partial charge in [0.2, 0.25) is 0 Å². The van der Waals surface area contributed by atoms with E-state index in [1.165, 1.54) is 18.3 Å². The van der Waals surface area contributed by atoms with Crippen LogP contribution in [0.3, 0.4) is 0 Å². The van der Waals surface area contributed by atoms with Crippen LogP contribution in [-0.2, 0) is 13.1 Å². The maximum Gasteiger partial charge on any atom is 0.272 e. The Morgan fingerprint density at radius 2 is 2.21 bits per heavy atom. The molecule has 6 nitrogen and oxygen atoms in total. The van der Waals surface area contributed by atoms with Crippen LogP contribution in [0.2, 0.25) is 0 Å². The van der Waals surface area contributed by atoms with Gasteiger partial charge in [-0.3, -0.25) is 9.48 Å². The molecule has 6 heteroatoms. The van der Waals surface area contributed by atoms with Crippen LogP contribution in [0.5, 0.6) is 5.75 Å². The minimum absolute atomic E-state index is 0.0592. The summed E-state index contributed by atoms with van der Waals surface area (Å²) in [6.45, 7) is 3.81. The van der Waals surface area contributed by atoms with Crippen LogP contribution in [-0.4, -0.2) is 37.2 Å². The molecule has 1 amide bonds. The number of aromatic hydroxyl groups is 1. The molecular formula is C13H14N4O2. The van der Waals surface area contributed by atoms with Crippen molar-refractivity contribution in [3.63, 3.8) is 0 Å². The van der Waals surface area contributed by atoms with Crippen molar-refractivity contribution in [2.45, 2.75) is 20.0 Å². The van der Waals surface area contributed by atoms with Crippen molar-refractivity contribution < 1.29 is 9.90 Å². The zero-order chi connectivity index (χ0) is 13.4. The van der Waals surface area contributed by atoms with Gasteiger partial charge in [0.25, 0.3) is 5.91 Å². The van der Waals surface area contributed by atoms with Gasteiger partial charge in [-0.1, -0.05) is 0 Å². The van der Waals surface area contributed by atoms with Gasteiger partial charge in [-0.15, -0.1) is 0 Å². The summed E-state index contributed by atoms with van der Waals surface area (Å²) < 4.78 is 1.93. The Labute approximate surface area is 110 Å². The Kier molecular flexibility index (Phi) is 2.70. The van der Waals surface area contributed by atoms with Crippen LogP contribution < -0.4 is 0 Å². The number of aryl methyl sites for hydroxylation is 1. The Bertz CT molecular complexity index is 618. The smallest absolute Gasteiger partial charge is 0.272 e. The molecule has 1 aliphatic rings. The zero-order valence-electron chi connectivity index (χ0n) is 10.6. The van der Waals surface area contributed by atoms with Crippen LogP contribution >= 0.6 is 0 Å². The molecule has 0 aromatic carbocycles. The van der Waals surface area contributed by atoms with Crippen molar-refractivity contribution in [1.82, 2.24) is 19.7 Å². The molecule has 3 rings (SSSR count). The molecular weight excluding hydrogens is 244 g/mol. The molecule has 0 aliphatic carbocycles. The number of pyridine rings is 1. The summed E-state index contributed by atoms with van der Waals surface area (Å²) >= 11 is 0. The van der Waals surface area contributed by atoms with Gasteiger partial charge in [-0.2, -0.15) is 5.10 Å². The third kappa shape index (κ3) is 2.16. The summed E-state index contributed by atoms with van der Waals surface area (Å²) in [6.07, 6.45) is 1.28. The lowest BCUT2D eigenvalue weighted by Crippen LogP contribution is -2.38. The van der Waals surface area contributed by atoms with E-state index in [9.17, 15) is 9.90 Å². The molecule has 0 saturated heterocycles. The molecule has 2 aromatic heterocycles. The van der Waals surface area contributed by atoms with Crippen LogP contribution in [0, 0.1) is 6.92 Å². The van der Waals surface area contributed by atoms with E-state index in [-0.39, 0.29) is 11.7 Å². The third-order valence-electron chi connectivity index (χ3n) is 3.17. The van der Waals surface area contributed by atoms with Crippen molar-refractivity contribution in [2.75, 3.05) is 6.54 Å². The predicted molar refractivity (Wildman–Crippen MR) is 67.6 cm³/mol. The third-order valence-corrected chi connectivity index (χ3v) is 3.17. The van der Waals surface area contributed by atoms with Gasteiger partial charge in [-0.05, 0) is 25.1 Å². The van der Waals surface area contributed by atoms with Gasteiger partial charge in [0.15, 0.2) is 0 Å². The van der Waals surface area contributed by atoms with Crippen LogP contribution in [0.4, 0.5) is 0 Å². The molecule has 19 heavy (non-hydrogen) atoms. The lowest BCUT2D eigenvalue weighted by atomic mass is 10.2. The highest BCUT2D eigenvalue weighted by molar-refractivity contribution is 5.92. The molecule has 1 N–H and O–H groups in total. The van der Waals surface area contributed by atoms with Gasteiger partial charge in [0.05, 0.1) is 30.7 Å². The molecule has 0 fully saturated rings. The fraction of sp³-hybridized carbons (Fsp3) is 0.308. The second-order valence-electron chi connectivity index (χ2n) is 4.63. The minimum atomic E-state index is -0.120. The standard InChI is InChI=1S/C13H14N4O2/c1-9-6-10-8-16(4-5-17(10)15-9)13(19)12-3-2-11(18)7-14-12/h2-3,6-7,18H,4-5,8H2,1H3. The fourth-order valence-electron chi connectivity index (χ4n) is 2.26. The van der Waals surface area contributed by atoms with Crippen molar-refractivity contribution in [1.29, 1.82) is 0 Å². The fourth-order valence-corrected chi connectivity index (χ4v) is 2.26. The van der Waals surface area contributed by atoms with E-state index in [1.54, 1.807) is 4.90 Å². The largest absolute Gasteiger partial charge is 0.506 e. The molecule has 2 aromatic rings. The van der Waals surface area contributed by atoms with Crippen LogP contribution in [0.1, 0.15) is 21.9 Å². The molecule has 0 spiro atoms. The number of rotatable bonds is 1. The number of aromatic nitrogens is 3. The van der Waals surface area contributed by atoms with Crippen molar-refractivity contribution in [3.05, 3.63) is 41.5 Å². The van der Waals surface area contributed by atoms with Gasteiger partial charge in [0.1, 0.15) is 11.4 Å². The zero-order valence-corrected chi connectivity index (χ0v) is 10.6. The van der Waals surface area contributed by atoms with Crippen molar-refractivity contribution in [2.24, 2.45) is 0 Å². The van der Waals surface area contributed by atoms with Crippen molar-refractivity contribution >= 4 is 5.91 Å². The molecule has 1 aliphatic heterocycles. The molecule has 0 unspecified atom stereocenters. The SMILES string of the molecule is Cc1cc2n(n1)CCN(C(=O)c1ccc(O)cn1)C2. The summed E-state index contributed by atoms with van der Waals surface area (Å²) in [5.41, 5.74) is 2.35. The van der Waals surface area contributed by atoms with Crippen LogP contribution in [0.15, 0.2) is 24.4 Å². The molecule has 0 saturated carbocycles. The van der Waals surface area contributed by atoms with Crippen molar-refractivity contribution in [3.8, 4) is 5.75 Å². The maximum atomic E-state index is 12.3. The summed E-state index contributed by atoms with van der Waals surface area (Å²) in [7, 11) is 0. The monoisotopic (exact) mass is 258 g/mol. The minimum Gasteiger partial charge on any atom is -0.506 e. The van der Waals surface area contributed by atoms with E-state index in [0.717, 1.165) is 11.4 Å². The van der Waals surface area contributed by atoms with Gasteiger partial charge < -0.3 is 10.0 Å². The number of carbonyl (C=O) groups is 1. The molecule has 0 bridgehead atoms. The number of amides is 1. The normalized spacial score (nSPS) is 14.3. The van der Waals surface area contributed by atoms with E-state index in [1.807, 2.05) is 17.7 Å². The van der Waals surface area contributed by atoms with Crippen LogP contribution in [0.25, 0.3) is 0 Å². The number of carbonyl (C=O) groups excluding carboxylic acids is 1.